The van der Waals surface area contributed by atoms with E-state index in [9.17, 15) is 9.59 Å². The van der Waals surface area contributed by atoms with Crippen LogP contribution in [0.2, 0.25) is 0 Å². The van der Waals surface area contributed by atoms with Crippen LogP contribution in [0.1, 0.15) is 27.2 Å². The Balaban J connectivity index is 3.70. The first-order valence-corrected chi connectivity index (χ1v) is 5.27. The number of nitrogens with one attached hydrogen (secondary N) is 1. The molecule has 0 aliphatic heterocycles. The van der Waals surface area contributed by atoms with E-state index in [-0.39, 0.29) is 5.91 Å². The maximum absolute atomic E-state index is 11.1. The van der Waals surface area contributed by atoms with E-state index in [1.165, 1.54) is 6.92 Å². The lowest BCUT2D eigenvalue weighted by molar-refractivity contribution is -0.128. The van der Waals surface area contributed by atoms with E-state index in [0.29, 0.717) is 19.7 Å². The summed E-state index contributed by atoms with van der Waals surface area (Å²) in [5.74, 6) is 0.0301. The second kappa shape index (κ2) is 8.08. The van der Waals surface area contributed by atoms with Gasteiger partial charge in [0.05, 0.1) is 6.61 Å². The van der Waals surface area contributed by atoms with Gasteiger partial charge in [0.15, 0.2) is 0 Å². The van der Waals surface area contributed by atoms with E-state index >= 15 is 0 Å². The molecule has 5 heteroatoms. The van der Waals surface area contributed by atoms with Gasteiger partial charge in [0.2, 0.25) is 5.91 Å². The van der Waals surface area contributed by atoms with Crippen molar-refractivity contribution in [3.63, 3.8) is 0 Å². The summed E-state index contributed by atoms with van der Waals surface area (Å²) < 4.78 is 4.69. The molecule has 0 saturated heterocycles. The molecular weight excluding hydrogens is 196 g/mol. The van der Waals surface area contributed by atoms with Crippen LogP contribution in [0.5, 0.6) is 0 Å². The maximum Gasteiger partial charge on any atom is 0.407 e. The Bertz CT molecular complexity index is 207. The number of carbonyl (C=O) groups is 2. The predicted molar refractivity (Wildman–Crippen MR) is 57.6 cm³/mol. The fraction of sp³-hybridized carbons (Fsp3) is 0.800. The van der Waals surface area contributed by atoms with Crippen molar-refractivity contribution in [1.82, 2.24) is 10.2 Å². The average Bonchev–Trinajstić information content (AvgIpc) is 2.16. The third-order valence-corrected chi connectivity index (χ3v) is 1.87. The summed E-state index contributed by atoms with van der Waals surface area (Å²) >= 11 is 0. The number of rotatable bonds is 6. The van der Waals surface area contributed by atoms with Crippen molar-refractivity contribution in [2.75, 3.05) is 26.2 Å². The molecule has 0 saturated carbocycles. The monoisotopic (exact) mass is 216 g/mol. The zero-order chi connectivity index (χ0) is 11.7. The molecule has 0 fully saturated rings. The first kappa shape index (κ1) is 13.7. The molecule has 15 heavy (non-hydrogen) atoms. The second-order valence-corrected chi connectivity index (χ2v) is 3.15. The van der Waals surface area contributed by atoms with E-state index in [4.69, 9.17) is 4.74 Å². The standard InChI is InChI=1S/C10H20N2O3/c1-4-7-12(9(3)13)8-6-11-10(14)15-5-2/h4-8H2,1-3H3,(H,11,14). The summed E-state index contributed by atoms with van der Waals surface area (Å²) in [5, 5.41) is 2.57. The molecule has 0 spiro atoms. The van der Waals surface area contributed by atoms with E-state index in [1.807, 2.05) is 6.92 Å². The highest BCUT2D eigenvalue weighted by molar-refractivity contribution is 5.73. The zero-order valence-corrected chi connectivity index (χ0v) is 9.71. The highest BCUT2D eigenvalue weighted by atomic mass is 16.5. The SMILES string of the molecule is CCCN(CCNC(=O)OCC)C(C)=O. The van der Waals surface area contributed by atoms with Crippen molar-refractivity contribution in [1.29, 1.82) is 0 Å². The van der Waals surface area contributed by atoms with Gasteiger partial charge in [-0.25, -0.2) is 4.79 Å². The third-order valence-electron chi connectivity index (χ3n) is 1.87. The van der Waals surface area contributed by atoms with Crippen molar-refractivity contribution < 1.29 is 14.3 Å². The minimum Gasteiger partial charge on any atom is -0.450 e. The highest BCUT2D eigenvalue weighted by Gasteiger charge is 2.07. The summed E-state index contributed by atoms with van der Waals surface area (Å²) in [4.78, 5) is 23.7. The van der Waals surface area contributed by atoms with Gasteiger partial charge in [-0.1, -0.05) is 6.92 Å². The Morgan fingerprint density at radius 1 is 1.27 bits per heavy atom. The van der Waals surface area contributed by atoms with Crippen molar-refractivity contribution in [3.05, 3.63) is 0 Å². The first-order chi connectivity index (χ1) is 7.11. The minimum atomic E-state index is -0.433. The summed E-state index contributed by atoms with van der Waals surface area (Å²) in [7, 11) is 0. The van der Waals surface area contributed by atoms with Crippen LogP contribution in [0, 0.1) is 0 Å². The summed E-state index contributed by atoms with van der Waals surface area (Å²) in [6.45, 7) is 7.32. The molecule has 0 aliphatic carbocycles. The maximum atomic E-state index is 11.1. The van der Waals surface area contributed by atoms with E-state index in [1.54, 1.807) is 11.8 Å². The van der Waals surface area contributed by atoms with E-state index < -0.39 is 6.09 Å². The first-order valence-electron chi connectivity index (χ1n) is 5.27. The number of hydrogen-bond acceptors (Lipinski definition) is 3. The zero-order valence-electron chi connectivity index (χ0n) is 9.71. The molecular formula is C10H20N2O3. The molecule has 0 unspecified atom stereocenters. The van der Waals surface area contributed by atoms with Crippen molar-refractivity contribution >= 4 is 12.0 Å². The van der Waals surface area contributed by atoms with Crippen LogP contribution < -0.4 is 5.32 Å². The van der Waals surface area contributed by atoms with Crippen LogP contribution in [0.25, 0.3) is 0 Å². The van der Waals surface area contributed by atoms with Gasteiger partial charge in [-0.05, 0) is 13.3 Å². The van der Waals surface area contributed by atoms with Crippen molar-refractivity contribution in [2.24, 2.45) is 0 Å². The molecule has 88 valence electrons. The van der Waals surface area contributed by atoms with Gasteiger partial charge < -0.3 is 15.0 Å². The lowest BCUT2D eigenvalue weighted by atomic mass is 10.4. The largest absolute Gasteiger partial charge is 0.450 e. The fourth-order valence-corrected chi connectivity index (χ4v) is 1.17. The number of hydrogen-bond donors (Lipinski definition) is 1. The minimum absolute atomic E-state index is 0.0301. The smallest absolute Gasteiger partial charge is 0.407 e. The molecule has 2 amide bonds. The van der Waals surface area contributed by atoms with Gasteiger partial charge in [-0.3, -0.25) is 4.79 Å². The third kappa shape index (κ3) is 6.76. The molecule has 0 radical (unpaired) electrons. The predicted octanol–water partition coefficient (Wildman–Crippen LogP) is 0.991. The van der Waals surface area contributed by atoms with Gasteiger partial charge in [0.25, 0.3) is 0 Å². The molecule has 0 aromatic carbocycles. The van der Waals surface area contributed by atoms with Crippen LogP contribution >= 0.6 is 0 Å². The Labute approximate surface area is 90.8 Å². The normalized spacial score (nSPS) is 9.53. The van der Waals surface area contributed by atoms with Crippen molar-refractivity contribution in [2.45, 2.75) is 27.2 Å². The molecule has 5 nitrogen and oxygen atoms in total. The number of nitrogens with zero attached hydrogens (tertiary/aromatic N) is 1. The quantitative estimate of drug-likeness (QED) is 0.720. The molecule has 0 aromatic heterocycles. The Morgan fingerprint density at radius 3 is 2.40 bits per heavy atom. The summed E-state index contributed by atoms with van der Waals surface area (Å²) in [6, 6.07) is 0. The van der Waals surface area contributed by atoms with Crippen LogP contribution in [0.4, 0.5) is 4.79 Å². The van der Waals surface area contributed by atoms with Crippen molar-refractivity contribution in [3.8, 4) is 0 Å². The van der Waals surface area contributed by atoms with E-state index in [2.05, 4.69) is 5.32 Å². The number of amides is 2. The molecule has 0 aliphatic rings. The van der Waals surface area contributed by atoms with Crippen LogP contribution in [0.3, 0.4) is 0 Å². The van der Waals surface area contributed by atoms with Gasteiger partial charge in [0, 0.05) is 26.6 Å². The molecule has 0 heterocycles. The lowest BCUT2D eigenvalue weighted by Crippen LogP contribution is -2.38. The second-order valence-electron chi connectivity index (χ2n) is 3.15. The molecule has 0 atom stereocenters. The van der Waals surface area contributed by atoms with Gasteiger partial charge in [0.1, 0.15) is 0 Å². The van der Waals surface area contributed by atoms with Gasteiger partial charge in [-0.15, -0.1) is 0 Å². The number of carbonyl (C=O) groups excluding carboxylic acids is 2. The topological polar surface area (TPSA) is 58.6 Å². The van der Waals surface area contributed by atoms with Crippen LogP contribution in [0.15, 0.2) is 0 Å². The number of alkyl carbamates (subject to hydrolysis) is 1. The average molecular weight is 216 g/mol. The Kier molecular flexibility index (Phi) is 7.40. The molecule has 0 bridgehead atoms. The van der Waals surface area contributed by atoms with Gasteiger partial charge >= 0.3 is 6.09 Å². The number of ether oxygens (including phenoxy) is 1. The fourth-order valence-electron chi connectivity index (χ4n) is 1.17. The van der Waals surface area contributed by atoms with Gasteiger partial charge in [-0.2, -0.15) is 0 Å². The molecule has 0 aromatic rings. The summed E-state index contributed by atoms with van der Waals surface area (Å²) in [5.41, 5.74) is 0. The van der Waals surface area contributed by atoms with Crippen LogP contribution in [-0.2, 0) is 9.53 Å². The van der Waals surface area contributed by atoms with E-state index in [0.717, 1.165) is 13.0 Å². The molecule has 0 rings (SSSR count). The van der Waals surface area contributed by atoms with Crippen LogP contribution in [-0.4, -0.2) is 43.1 Å². The summed E-state index contributed by atoms with van der Waals surface area (Å²) in [6.07, 6.45) is 0.483. The highest BCUT2D eigenvalue weighted by Crippen LogP contribution is 1.91. The Morgan fingerprint density at radius 2 is 1.93 bits per heavy atom. The lowest BCUT2D eigenvalue weighted by Gasteiger charge is -2.20. The molecule has 1 N–H and O–H groups in total. The Hall–Kier alpha value is -1.26.